The van der Waals surface area contributed by atoms with Crippen LogP contribution in [-0.2, 0) is 0 Å². The third-order valence-electron chi connectivity index (χ3n) is 1.98. The normalized spacial score (nSPS) is 14.9. The minimum absolute atomic E-state index is 0.297. The second-order valence-corrected chi connectivity index (χ2v) is 2.79. The average Bonchev–Trinajstić information content (AvgIpc) is 2.65. The maximum atomic E-state index is 11.2. The Bertz CT molecular complexity index is 372. The average molecular weight is 191 g/mol. The van der Waals surface area contributed by atoms with Gasteiger partial charge in [0.1, 0.15) is 12.4 Å². The lowest BCUT2D eigenvalue weighted by atomic mass is 10.3. The van der Waals surface area contributed by atoms with Gasteiger partial charge in [-0.2, -0.15) is 5.11 Å². The van der Waals surface area contributed by atoms with Gasteiger partial charge in [0.05, 0.1) is 7.11 Å². The van der Waals surface area contributed by atoms with Crippen LogP contribution in [0.4, 0.5) is 10.5 Å². The quantitative estimate of drug-likeness (QED) is 0.718. The van der Waals surface area contributed by atoms with Gasteiger partial charge in [-0.05, 0) is 24.3 Å². The van der Waals surface area contributed by atoms with Crippen molar-refractivity contribution in [3.05, 3.63) is 24.3 Å². The largest absolute Gasteiger partial charge is 0.497 e. The number of benzene rings is 1. The summed E-state index contributed by atoms with van der Waals surface area (Å²) in [5.74, 6) is 0.759. The number of carbonyl (C=O) groups excluding carboxylic acids is 1. The fourth-order valence-corrected chi connectivity index (χ4v) is 1.22. The SMILES string of the molecule is COc1ccc(N2CN=NC2=O)cc1. The third-order valence-corrected chi connectivity index (χ3v) is 1.98. The monoisotopic (exact) mass is 191 g/mol. The second-order valence-electron chi connectivity index (χ2n) is 2.79. The number of hydrogen-bond donors (Lipinski definition) is 0. The number of ether oxygens (including phenoxy) is 1. The number of anilines is 1. The first-order valence-corrected chi connectivity index (χ1v) is 4.14. The summed E-state index contributed by atoms with van der Waals surface area (Å²) in [7, 11) is 1.60. The van der Waals surface area contributed by atoms with Crippen LogP contribution in [0.2, 0.25) is 0 Å². The van der Waals surface area contributed by atoms with E-state index in [1.54, 1.807) is 31.4 Å². The Morgan fingerprint density at radius 2 is 2.07 bits per heavy atom. The predicted molar refractivity (Wildman–Crippen MR) is 50.6 cm³/mol. The molecule has 1 aliphatic heterocycles. The number of azo groups is 1. The highest BCUT2D eigenvalue weighted by atomic mass is 16.5. The van der Waals surface area contributed by atoms with E-state index in [0.29, 0.717) is 6.67 Å². The van der Waals surface area contributed by atoms with Gasteiger partial charge in [-0.15, -0.1) is 0 Å². The molecule has 0 atom stereocenters. The molecule has 0 radical (unpaired) electrons. The number of carbonyl (C=O) groups is 1. The lowest BCUT2D eigenvalue weighted by molar-refractivity contribution is 0.256. The van der Waals surface area contributed by atoms with Gasteiger partial charge in [-0.1, -0.05) is 5.11 Å². The van der Waals surface area contributed by atoms with Crippen molar-refractivity contribution in [3.8, 4) is 5.75 Å². The Kier molecular flexibility index (Phi) is 2.14. The van der Waals surface area contributed by atoms with Crippen LogP contribution >= 0.6 is 0 Å². The fourth-order valence-electron chi connectivity index (χ4n) is 1.22. The van der Waals surface area contributed by atoms with E-state index in [2.05, 4.69) is 10.2 Å². The fraction of sp³-hybridized carbons (Fsp3) is 0.222. The topological polar surface area (TPSA) is 54.3 Å². The standard InChI is InChI=1S/C9H9N3O2/c1-14-8-4-2-7(3-5-8)12-6-10-11-9(12)13/h2-5H,6H2,1H3. The molecule has 2 amide bonds. The van der Waals surface area contributed by atoms with Crippen molar-refractivity contribution >= 4 is 11.7 Å². The van der Waals surface area contributed by atoms with E-state index in [0.717, 1.165) is 11.4 Å². The molecule has 0 saturated carbocycles. The molecule has 0 aromatic heterocycles. The van der Waals surface area contributed by atoms with Crippen molar-refractivity contribution in [1.29, 1.82) is 0 Å². The Labute approximate surface area is 81.0 Å². The number of amides is 2. The minimum Gasteiger partial charge on any atom is -0.497 e. The summed E-state index contributed by atoms with van der Waals surface area (Å²) < 4.78 is 5.01. The molecule has 0 bridgehead atoms. The van der Waals surface area contributed by atoms with Crippen molar-refractivity contribution in [3.63, 3.8) is 0 Å². The van der Waals surface area contributed by atoms with Gasteiger partial charge in [0.25, 0.3) is 0 Å². The van der Waals surface area contributed by atoms with Crippen LogP contribution in [0.15, 0.2) is 34.5 Å². The number of hydrogen-bond acceptors (Lipinski definition) is 3. The number of nitrogens with zero attached hydrogens (tertiary/aromatic N) is 3. The molecule has 2 rings (SSSR count). The zero-order valence-electron chi connectivity index (χ0n) is 7.67. The molecule has 1 aromatic carbocycles. The maximum Gasteiger partial charge on any atom is 0.367 e. The number of urea groups is 1. The second kappa shape index (κ2) is 3.45. The van der Waals surface area contributed by atoms with Gasteiger partial charge < -0.3 is 4.74 Å². The van der Waals surface area contributed by atoms with E-state index in [9.17, 15) is 4.79 Å². The molecule has 0 N–H and O–H groups in total. The summed E-state index contributed by atoms with van der Waals surface area (Å²) in [6.07, 6.45) is 0. The Balaban J connectivity index is 2.21. The van der Waals surface area contributed by atoms with Gasteiger partial charge in [0.2, 0.25) is 0 Å². The highest BCUT2D eigenvalue weighted by molar-refractivity contribution is 5.93. The molecule has 0 aliphatic carbocycles. The summed E-state index contributed by atoms with van der Waals surface area (Å²) in [6, 6.07) is 6.86. The number of methoxy groups -OCH3 is 1. The molecular formula is C9H9N3O2. The molecule has 0 fully saturated rings. The van der Waals surface area contributed by atoms with Crippen LogP contribution in [0.25, 0.3) is 0 Å². The molecule has 14 heavy (non-hydrogen) atoms. The summed E-state index contributed by atoms with van der Waals surface area (Å²) >= 11 is 0. The minimum atomic E-state index is -0.324. The molecular weight excluding hydrogens is 182 g/mol. The summed E-state index contributed by atoms with van der Waals surface area (Å²) in [5, 5.41) is 7.05. The van der Waals surface area contributed by atoms with Gasteiger partial charge in [0.15, 0.2) is 0 Å². The lowest BCUT2D eigenvalue weighted by Gasteiger charge is -2.12. The van der Waals surface area contributed by atoms with Gasteiger partial charge in [-0.3, -0.25) is 4.90 Å². The van der Waals surface area contributed by atoms with Crippen molar-refractivity contribution in [1.82, 2.24) is 0 Å². The first kappa shape index (κ1) is 8.68. The summed E-state index contributed by atoms with van der Waals surface area (Å²) in [4.78, 5) is 12.6. The molecule has 0 unspecified atom stereocenters. The zero-order valence-corrected chi connectivity index (χ0v) is 7.67. The molecule has 1 heterocycles. The predicted octanol–water partition coefficient (Wildman–Crippen LogP) is 2.04. The van der Waals surface area contributed by atoms with E-state index >= 15 is 0 Å². The first-order chi connectivity index (χ1) is 6.81. The summed E-state index contributed by atoms with van der Waals surface area (Å²) in [6.45, 7) is 0.297. The summed E-state index contributed by atoms with van der Waals surface area (Å²) in [5.41, 5.74) is 0.779. The number of rotatable bonds is 2. The van der Waals surface area contributed by atoms with Crippen molar-refractivity contribution in [2.24, 2.45) is 10.2 Å². The van der Waals surface area contributed by atoms with Crippen LogP contribution in [0.5, 0.6) is 5.75 Å². The van der Waals surface area contributed by atoms with Crippen LogP contribution in [0, 0.1) is 0 Å². The van der Waals surface area contributed by atoms with Gasteiger partial charge in [0, 0.05) is 5.69 Å². The smallest absolute Gasteiger partial charge is 0.367 e. The van der Waals surface area contributed by atoms with Gasteiger partial charge >= 0.3 is 6.03 Å². The van der Waals surface area contributed by atoms with Crippen LogP contribution in [0.3, 0.4) is 0 Å². The lowest BCUT2D eigenvalue weighted by Crippen LogP contribution is -2.22. The highest BCUT2D eigenvalue weighted by Gasteiger charge is 2.19. The molecule has 5 heteroatoms. The molecule has 0 spiro atoms. The third kappa shape index (κ3) is 1.44. The van der Waals surface area contributed by atoms with Crippen LogP contribution in [0.1, 0.15) is 0 Å². The van der Waals surface area contributed by atoms with E-state index in [4.69, 9.17) is 4.74 Å². The molecule has 1 aromatic rings. The zero-order chi connectivity index (χ0) is 9.97. The molecule has 5 nitrogen and oxygen atoms in total. The van der Waals surface area contributed by atoms with E-state index in [-0.39, 0.29) is 6.03 Å². The Morgan fingerprint density at radius 1 is 1.36 bits per heavy atom. The maximum absolute atomic E-state index is 11.2. The molecule has 1 aliphatic rings. The van der Waals surface area contributed by atoms with E-state index in [1.807, 2.05) is 0 Å². The Hall–Kier alpha value is -1.91. The molecule has 0 saturated heterocycles. The first-order valence-electron chi connectivity index (χ1n) is 4.14. The van der Waals surface area contributed by atoms with E-state index in [1.165, 1.54) is 4.90 Å². The van der Waals surface area contributed by atoms with E-state index < -0.39 is 0 Å². The van der Waals surface area contributed by atoms with Gasteiger partial charge in [-0.25, -0.2) is 4.79 Å². The van der Waals surface area contributed by atoms with Crippen LogP contribution in [-0.4, -0.2) is 19.8 Å². The van der Waals surface area contributed by atoms with Crippen molar-refractivity contribution in [2.75, 3.05) is 18.7 Å². The van der Waals surface area contributed by atoms with Crippen molar-refractivity contribution < 1.29 is 9.53 Å². The highest BCUT2D eigenvalue weighted by Crippen LogP contribution is 2.21. The Morgan fingerprint density at radius 3 is 2.57 bits per heavy atom. The van der Waals surface area contributed by atoms with Crippen molar-refractivity contribution in [2.45, 2.75) is 0 Å². The molecule has 72 valence electrons. The van der Waals surface area contributed by atoms with Crippen LogP contribution < -0.4 is 9.64 Å².